The Hall–Kier alpha value is -1.98. The molecule has 0 atom stereocenters. The van der Waals surface area contributed by atoms with Gasteiger partial charge in [0.25, 0.3) is 0 Å². The lowest BCUT2D eigenvalue weighted by atomic mass is 10.3. The fourth-order valence-corrected chi connectivity index (χ4v) is 5.47. The van der Waals surface area contributed by atoms with Gasteiger partial charge in [0.15, 0.2) is 11.5 Å². The molecule has 2 aromatic rings. The Bertz CT molecular complexity index is 1070. The van der Waals surface area contributed by atoms with E-state index in [4.69, 9.17) is 25.8 Å². The zero-order valence-electron chi connectivity index (χ0n) is 16.5. The summed E-state index contributed by atoms with van der Waals surface area (Å²) in [5.74, 6) is 1.16. The predicted molar refractivity (Wildman–Crippen MR) is 118 cm³/mol. The van der Waals surface area contributed by atoms with Gasteiger partial charge in [-0.1, -0.05) is 11.6 Å². The van der Waals surface area contributed by atoms with E-state index in [-0.39, 0.29) is 27.3 Å². The SMILES string of the molecule is O=C(CSc1ccc2c(c1)OCCO2)Nc1cc(S(=O)(=O)N2CCOCC2)ccc1Cl. The summed E-state index contributed by atoms with van der Waals surface area (Å²) in [5, 5.41) is 2.97. The summed E-state index contributed by atoms with van der Waals surface area (Å²) >= 11 is 7.52. The van der Waals surface area contributed by atoms with Gasteiger partial charge in [-0.3, -0.25) is 4.79 Å². The number of rotatable bonds is 6. The Morgan fingerprint density at radius 1 is 1.03 bits per heavy atom. The number of morpholine rings is 1. The molecule has 2 heterocycles. The molecule has 8 nitrogen and oxygen atoms in total. The van der Waals surface area contributed by atoms with Crippen molar-refractivity contribution in [3.63, 3.8) is 0 Å². The van der Waals surface area contributed by atoms with Crippen LogP contribution in [-0.4, -0.2) is 63.9 Å². The lowest BCUT2D eigenvalue weighted by molar-refractivity contribution is -0.113. The van der Waals surface area contributed by atoms with Crippen molar-refractivity contribution in [1.29, 1.82) is 0 Å². The van der Waals surface area contributed by atoms with Gasteiger partial charge in [-0.05, 0) is 36.4 Å². The van der Waals surface area contributed by atoms with E-state index >= 15 is 0 Å². The van der Waals surface area contributed by atoms with Crippen LogP contribution < -0.4 is 14.8 Å². The second kappa shape index (κ2) is 9.66. The summed E-state index contributed by atoms with van der Waals surface area (Å²) in [6.07, 6.45) is 0. The summed E-state index contributed by atoms with van der Waals surface area (Å²) in [6.45, 7) is 2.30. The van der Waals surface area contributed by atoms with Crippen molar-refractivity contribution in [1.82, 2.24) is 4.31 Å². The van der Waals surface area contributed by atoms with Gasteiger partial charge >= 0.3 is 0 Å². The van der Waals surface area contributed by atoms with Gasteiger partial charge in [-0.15, -0.1) is 11.8 Å². The van der Waals surface area contributed by atoms with E-state index < -0.39 is 10.0 Å². The monoisotopic (exact) mass is 484 g/mol. The van der Waals surface area contributed by atoms with Gasteiger partial charge in [0.2, 0.25) is 15.9 Å². The highest BCUT2D eigenvalue weighted by atomic mass is 35.5. The first-order valence-corrected chi connectivity index (χ1v) is 12.4. The smallest absolute Gasteiger partial charge is 0.243 e. The van der Waals surface area contributed by atoms with Gasteiger partial charge in [-0.25, -0.2) is 8.42 Å². The van der Waals surface area contributed by atoms with Gasteiger partial charge in [0.05, 0.1) is 34.6 Å². The fraction of sp³-hybridized carbons (Fsp3) is 0.350. The summed E-state index contributed by atoms with van der Waals surface area (Å²) < 4.78 is 43.3. The highest BCUT2D eigenvalue weighted by Crippen LogP contribution is 2.34. The number of hydrogen-bond donors (Lipinski definition) is 1. The molecule has 0 spiro atoms. The Balaban J connectivity index is 1.41. The molecule has 4 rings (SSSR count). The van der Waals surface area contributed by atoms with E-state index in [1.807, 2.05) is 18.2 Å². The average molecular weight is 485 g/mol. The zero-order chi connectivity index (χ0) is 21.8. The minimum atomic E-state index is -3.69. The van der Waals surface area contributed by atoms with Crippen LogP contribution in [0.4, 0.5) is 5.69 Å². The van der Waals surface area contributed by atoms with Crippen LogP contribution in [0, 0.1) is 0 Å². The summed E-state index contributed by atoms with van der Waals surface area (Å²) in [7, 11) is -3.69. The zero-order valence-corrected chi connectivity index (χ0v) is 18.9. The number of carbonyl (C=O) groups excluding carboxylic acids is 1. The van der Waals surface area contributed by atoms with Crippen LogP contribution in [-0.2, 0) is 19.6 Å². The third-order valence-corrected chi connectivity index (χ3v) is 7.92. The van der Waals surface area contributed by atoms with Crippen molar-refractivity contribution in [2.24, 2.45) is 0 Å². The first-order chi connectivity index (χ1) is 14.9. The van der Waals surface area contributed by atoms with Crippen molar-refractivity contribution < 1.29 is 27.4 Å². The number of hydrogen-bond acceptors (Lipinski definition) is 7. The van der Waals surface area contributed by atoms with Crippen LogP contribution in [0.25, 0.3) is 0 Å². The molecule has 2 aliphatic heterocycles. The molecule has 1 N–H and O–H groups in total. The van der Waals surface area contributed by atoms with Gasteiger partial charge < -0.3 is 19.5 Å². The van der Waals surface area contributed by atoms with Crippen molar-refractivity contribution in [3.8, 4) is 11.5 Å². The molecule has 0 bridgehead atoms. The molecule has 0 aliphatic carbocycles. The number of benzene rings is 2. The van der Waals surface area contributed by atoms with Gasteiger partial charge in [0.1, 0.15) is 13.2 Å². The maximum absolute atomic E-state index is 12.9. The van der Waals surface area contributed by atoms with E-state index in [0.717, 1.165) is 4.90 Å². The predicted octanol–water partition coefficient (Wildman–Crippen LogP) is 2.86. The minimum Gasteiger partial charge on any atom is -0.486 e. The number of nitrogens with one attached hydrogen (secondary N) is 1. The maximum Gasteiger partial charge on any atom is 0.243 e. The number of nitrogens with zero attached hydrogens (tertiary/aromatic N) is 1. The molecular formula is C20H21ClN2O6S2. The van der Waals surface area contributed by atoms with Crippen LogP contribution >= 0.6 is 23.4 Å². The molecule has 11 heteroatoms. The molecule has 2 aromatic carbocycles. The first kappa shape index (κ1) is 22.2. The molecule has 0 aromatic heterocycles. The molecule has 31 heavy (non-hydrogen) atoms. The largest absolute Gasteiger partial charge is 0.486 e. The number of ether oxygens (including phenoxy) is 3. The Kier molecular flexibility index (Phi) is 6.92. The Morgan fingerprint density at radius 2 is 1.77 bits per heavy atom. The van der Waals surface area contributed by atoms with E-state index in [2.05, 4.69) is 5.32 Å². The molecule has 1 saturated heterocycles. The van der Waals surface area contributed by atoms with Crippen molar-refractivity contribution >= 4 is 45.0 Å². The number of fused-ring (bicyclic) bond motifs is 1. The number of thioether (sulfide) groups is 1. The summed E-state index contributed by atoms with van der Waals surface area (Å²) in [4.78, 5) is 13.4. The standard InChI is InChI=1S/C20H21ClN2O6S2/c21-16-3-2-15(31(25,26)23-5-7-27-8-6-23)12-17(16)22-20(24)13-30-14-1-4-18-19(11-14)29-10-9-28-18/h1-4,11-12H,5-10,13H2,(H,22,24). The Labute approximate surface area is 189 Å². The molecule has 2 aliphatic rings. The van der Waals surface area contributed by atoms with Crippen LogP contribution in [0.1, 0.15) is 0 Å². The Morgan fingerprint density at radius 3 is 2.55 bits per heavy atom. The van der Waals surface area contributed by atoms with Crippen LogP contribution in [0.2, 0.25) is 5.02 Å². The van der Waals surface area contributed by atoms with Crippen molar-refractivity contribution in [2.45, 2.75) is 9.79 Å². The fourth-order valence-electron chi connectivity index (χ4n) is 3.15. The molecule has 0 unspecified atom stereocenters. The quantitative estimate of drug-likeness (QED) is 0.630. The third-order valence-electron chi connectivity index (χ3n) is 4.70. The normalized spacial score (nSPS) is 16.7. The van der Waals surface area contributed by atoms with E-state index in [0.29, 0.717) is 51.0 Å². The molecule has 166 valence electrons. The molecule has 1 amide bonds. The molecule has 1 fully saturated rings. The molecular weight excluding hydrogens is 464 g/mol. The number of halogens is 1. The maximum atomic E-state index is 12.9. The van der Waals surface area contributed by atoms with Crippen LogP contribution in [0.15, 0.2) is 46.2 Å². The number of anilines is 1. The first-order valence-electron chi connectivity index (χ1n) is 9.63. The third kappa shape index (κ3) is 5.27. The highest BCUT2D eigenvalue weighted by molar-refractivity contribution is 8.00. The number of carbonyl (C=O) groups is 1. The van der Waals surface area contributed by atoms with Crippen molar-refractivity contribution in [3.05, 3.63) is 41.4 Å². The molecule has 0 saturated carbocycles. The second-order valence-corrected chi connectivity index (χ2v) is 10.2. The van der Waals surface area contributed by atoms with Crippen LogP contribution in [0.3, 0.4) is 0 Å². The number of sulfonamides is 1. The second-order valence-electron chi connectivity index (χ2n) is 6.80. The van der Waals surface area contributed by atoms with E-state index in [1.54, 1.807) is 0 Å². The van der Waals surface area contributed by atoms with Crippen molar-refractivity contribution in [2.75, 3.05) is 50.6 Å². The minimum absolute atomic E-state index is 0.0774. The lowest BCUT2D eigenvalue weighted by Gasteiger charge is -2.26. The lowest BCUT2D eigenvalue weighted by Crippen LogP contribution is -2.40. The van der Waals surface area contributed by atoms with Gasteiger partial charge in [-0.2, -0.15) is 4.31 Å². The highest BCUT2D eigenvalue weighted by Gasteiger charge is 2.27. The number of amides is 1. The van der Waals surface area contributed by atoms with Crippen LogP contribution in [0.5, 0.6) is 11.5 Å². The topological polar surface area (TPSA) is 94.2 Å². The summed E-state index contributed by atoms with van der Waals surface area (Å²) in [6, 6.07) is 9.79. The van der Waals surface area contributed by atoms with Gasteiger partial charge in [0, 0.05) is 18.0 Å². The molecule has 0 radical (unpaired) electrons. The average Bonchev–Trinajstić information content (AvgIpc) is 2.79. The summed E-state index contributed by atoms with van der Waals surface area (Å²) in [5.41, 5.74) is 0.253. The van der Waals surface area contributed by atoms with E-state index in [1.165, 1.54) is 34.3 Å². The van der Waals surface area contributed by atoms with E-state index in [9.17, 15) is 13.2 Å².